The van der Waals surface area contributed by atoms with Gasteiger partial charge in [-0.05, 0) is 17.2 Å². The molecule has 0 spiro atoms. The highest BCUT2D eigenvalue weighted by Gasteiger charge is 2.11. The first-order valence-electron chi connectivity index (χ1n) is 7.16. The molecule has 0 fully saturated rings. The Morgan fingerprint density at radius 2 is 1.45 bits per heavy atom. The van der Waals surface area contributed by atoms with Crippen molar-refractivity contribution in [2.24, 2.45) is 0 Å². The van der Waals surface area contributed by atoms with Crippen LogP contribution in [0, 0.1) is 5.82 Å². The van der Waals surface area contributed by atoms with Gasteiger partial charge in [0, 0.05) is 17.5 Å². The van der Waals surface area contributed by atoms with Crippen LogP contribution in [0.1, 0.15) is 15.9 Å². The molecule has 0 aliphatic carbocycles. The van der Waals surface area contributed by atoms with Crippen LogP contribution in [0.25, 0.3) is 11.1 Å². The lowest BCUT2D eigenvalue weighted by atomic mass is 9.99. The molecule has 22 heavy (non-hydrogen) atoms. The van der Waals surface area contributed by atoms with E-state index in [2.05, 4.69) is 0 Å². The fourth-order valence-corrected chi connectivity index (χ4v) is 2.42. The minimum atomic E-state index is -0.370. The second-order valence-corrected chi connectivity index (χ2v) is 5.15. The molecule has 3 aromatic carbocycles. The molecule has 2 heteroatoms. The van der Waals surface area contributed by atoms with Gasteiger partial charge in [-0.2, -0.15) is 0 Å². The molecule has 0 unspecified atom stereocenters. The van der Waals surface area contributed by atoms with E-state index in [1.807, 2.05) is 60.7 Å². The van der Waals surface area contributed by atoms with E-state index in [0.717, 1.165) is 11.1 Å². The van der Waals surface area contributed by atoms with Crippen LogP contribution in [0.5, 0.6) is 0 Å². The molecule has 0 aliphatic heterocycles. The molecule has 0 aliphatic rings. The highest BCUT2D eigenvalue weighted by Crippen LogP contribution is 2.23. The van der Waals surface area contributed by atoms with Crippen LogP contribution >= 0.6 is 0 Å². The lowest BCUT2D eigenvalue weighted by Crippen LogP contribution is -2.04. The Morgan fingerprint density at radius 3 is 2.09 bits per heavy atom. The first kappa shape index (κ1) is 14.2. The van der Waals surface area contributed by atoms with Crippen LogP contribution in [0.15, 0.2) is 78.9 Å². The van der Waals surface area contributed by atoms with E-state index in [1.54, 1.807) is 12.1 Å². The number of carbonyl (C=O) groups excluding carboxylic acids is 1. The van der Waals surface area contributed by atoms with Crippen molar-refractivity contribution in [2.75, 3.05) is 0 Å². The maximum Gasteiger partial charge on any atom is 0.167 e. The molecular formula is C20H15FO. The van der Waals surface area contributed by atoms with Gasteiger partial charge in [0.25, 0.3) is 0 Å². The molecule has 108 valence electrons. The fourth-order valence-electron chi connectivity index (χ4n) is 2.42. The number of hydrogen-bond acceptors (Lipinski definition) is 1. The first-order chi connectivity index (χ1) is 10.7. The predicted octanol–water partition coefficient (Wildman–Crippen LogP) is 4.92. The summed E-state index contributed by atoms with van der Waals surface area (Å²) in [6.45, 7) is 0. The summed E-state index contributed by atoms with van der Waals surface area (Å²) < 4.78 is 14.3. The number of carbonyl (C=O) groups is 1. The zero-order valence-corrected chi connectivity index (χ0v) is 12.0. The number of ketones is 1. The van der Waals surface area contributed by atoms with Crippen molar-refractivity contribution in [2.45, 2.75) is 6.42 Å². The molecule has 0 amide bonds. The Labute approximate surface area is 129 Å². The maximum atomic E-state index is 14.3. The van der Waals surface area contributed by atoms with E-state index in [9.17, 15) is 9.18 Å². The lowest BCUT2D eigenvalue weighted by molar-refractivity contribution is 0.0992. The van der Waals surface area contributed by atoms with Gasteiger partial charge in [0.1, 0.15) is 5.82 Å². The topological polar surface area (TPSA) is 17.1 Å². The summed E-state index contributed by atoms with van der Waals surface area (Å²) in [6.07, 6.45) is 0.283. The summed E-state index contributed by atoms with van der Waals surface area (Å²) in [7, 11) is 0. The first-order valence-corrected chi connectivity index (χ1v) is 7.16. The Kier molecular flexibility index (Phi) is 4.10. The van der Waals surface area contributed by atoms with E-state index in [4.69, 9.17) is 0 Å². The number of hydrogen-bond donors (Lipinski definition) is 0. The summed E-state index contributed by atoms with van der Waals surface area (Å²) in [5.74, 6) is -0.449. The minimum Gasteiger partial charge on any atom is -0.294 e. The monoisotopic (exact) mass is 290 g/mol. The van der Waals surface area contributed by atoms with Crippen LogP contribution in [0.2, 0.25) is 0 Å². The number of halogens is 1. The standard InChI is InChI=1S/C20H15FO/c21-19-14-17(20(22)13-15-7-3-1-4-8-15)11-12-18(19)16-9-5-2-6-10-16/h1-12,14H,13H2. The van der Waals surface area contributed by atoms with Crippen LogP contribution in [0.4, 0.5) is 4.39 Å². The van der Waals surface area contributed by atoms with Gasteiger partial charge in [-0.1, -0.05) is 72.8 Å². The average Bonchev–Trinajstić information content (AvgIpc) is 2.56. The summed E-state index contributed by atoms with van der Waals surface area (Å²) in [6, 6.07) is 23.5. The molecule has 0 saturated carbocycles. The molecule has 0 N–H and O–H groups in total. The molecule has 0 aromatic heterocycles. The third-order valence-electron chi connectivity index (χ3n) is 3.58. The van der Waals surface area contributed by atoms with Crippen molar-refractivity contribution in [3.8, 4) is 11.1 Å². The molecule has 0 saturated heterocycles. The fraction of sp³-hybridized carbons (Fsp3) is 0.0500. The van der Waals surface area contributed by atoms with Crippen molar-refractivity contribution in [1.29, 1.82) is 0 Å². The summed E-state index contributed by atoms with van der Waals surface area (Å²) in [4.78, 5) is 12.2. The normalized spacial score (nSPS) is 10.4. The van der Waals surface area contributed by atoms with Crippen LogP contribution in [0.3, 0.4) is 0 Å². The molecule has 0 bridgehead atoms. The minimum absolute atomic E-state index is 0.0790. The van der Waals surface area contributed by atoms with Crippen molar-refractivity contribution in [1.82, 2.24) is 0 Å². The predicted molar refractivity (Wildman–Crippen MR) is 86.3 cm³/mol. The summed E-state index contributed by atoms with van der Waals surface area (Å²) in [5.41, 5.74) is 2.65. The zero-order chi connectivity index (χ0) is 15.4. The number of rotatable bonds is 4. The quantitative estimate of drug-likeness (QED) is 0.623. The van der Waals surface area contributed by atoms with Gasteiger partial charge in [-0.3, -0.25) is 4.79 Å². The molecule has 0 radical (unpaired) electrons. The summed E-state index contributed by atoms with van der Waals surface area (Å²) >= 11 is 0. The van der Waals surface area contributed by atoms with Crippen molar-refractivity contribution in [3.63, 3.8) is 0 Å². The Bertz CT molecular complexity index is 779. The Morgan fingerprint density at radius 1 is 0.818 bits per heavy atom. The molecular weight excluding hydrogens is 275 g/mol. The Hall–Kier alpha value is -2.74. The van der Waals surface area contributed by atoms with Gasteiger partial charge < -0.3 is 0 Å². The van der Waals surface area contributed by atoms with Gasteiger partial charge in [-0.15, -0.1) is 0 Å². The van der Waals surface area contributed by atoms with Crippen LogP contribution in [-0.4, -0.2) is 5.78 Å². The van der Waals surface area contributed by atoms with Crippen molar-refractivity contribution < 1.29 is 9.18 Å². The smallest absolute Gasteiger partial charge is 0.167 e. The van der Waals surface area contributed by atoms with Crippen molar-refractivity contribution >= 4 is 5.78 Å². The van der Waals surface area contributed by atoms with Gasteiger partial charge in [-0.25, -0.2) is 4.39 Å². The van der Waals surface area contributed by atoms with Gasteiger partial charge in [0.05, 0.1) is 0 Å². The van der Waals surface area contributed by atoms with Gasteiger partial charge in [0.15, 0.2) is 5.78 Å². The van der Waals surface area contributed by atoms with Gasteiger partial charge in [0.2, 0.25) is 0 Å². The zero-order valence-electron chi connectivity index (χ0n) is 12.0. The van der Waals surface area contributed by atoms with E-state index in [0.29, 0.717) is 11.1 Å². The van der Waals surface area contributed by atoms with Crippen molar-refractivity contribution in [3.05, 3.63) is 95.8 Å². The third kappa shape index (κ3) is 3.12. The largest absolute Gasteiger partial charge is 0.294 e. The van der Waals surface area contributed by atoms with E-state index >= 15 is 0 Å². The molecule has 0 heterocycles. The molecule has 0 atom stereocenters. The van der Waals surface area contributed by atoms with Crippen LogP contribution in [-0.2, 0) is 6.42 Å². The SMILES string of the molecule is O=C(Cc1ccccc1)c1ccc(-c2ccccc2)c(F)c1. The number of benzene rings is 3. The third-order valence-corrected chi connectivity index (χ3v) is 3.58. The number of Topliss-reactive ketones (excluding diaryl/α,β-unsaturated/α-hetero) is 1. The van der Waals surface area contributed by atoms with Crippen LogP contribution < -0.4 is 0 Å². The van der Waals surface area contributed by atoms with E-state index in [1.165, 1.54) is 6.07 Å². The molecule has 1 nitrogen and oxygen atoms in total. The molecule has 3 rings (SSSR count). The molecule has 3 aromatic rings. The highest BCUT2D eigenvalue weighted by molar-refractivity contribution is 5.98. The maximum absolute atomic E-state index is 14.3. The van der Waals surface area contributed by atoms with Gasteiger partial charge >= 0.3 is 0 Å². The van der Waals surface area contributed by atoms with E-state index < -0.39 is 0 Å². The Balaban J connectivity index is 1.84. The highest BCUT2D eigenvalue weighted by atomic mass is 19.1. The van der Waals surface area contributed by atoms with E-state index in [-0.39, 0.29) is 18.0 Å². The second kappa shape index (κ2) is 6.35. The lowest BCUT2D eigenvalue weighted by Gasteiger charge is -2.06. The summed E-state index contributed by atoms with van der Waals surface area (Å²) in [5, 5.41) is 0. The second-order valence-electron chi connectivity index (χ2n) is 5.15. The average molecular weight is 290 g/mol.